The lowest BCUT2D eigenvalue weighted by atomic mass is 9.85. The number of unbranched alkanes of at least 4 members (excludes halogenated alkanes) is 24. The second-order valence-electron chi connectivity index (χ2n) is 17.5. The van der Waals surface area contributed by atoms with Gasteiger partial charge in [-0.15, -0.1) is 0 Å². The summed E-state index contributed by atoms with van der Waals surface area (Å²) in [4.78, 5) is 54.3. The Morgan fingerprint density at radius 1 is 0.492 bits per heavy atom. The Morgan fingerprint density at radius 3 is 1.37 bits per heavy atom. The molecule has 1 aliphatic carbocycles. The van der Waals surface area contributed by atoms with Crippen LogP contribution in [-0.4, -0.2) is 103 Å². The van der Waals surface area contributed by atoms with Gasteiger partial charge < -0.3 is 44.6 Å². The summed E-state index contributed by atoms with van der Waals surface area (Å²) >= 11 is 0. The number of rotatable bonds is 42. The molecule has 0 aromatic heterocycles. The van der Waals surface area contributed by atoms with Crippen LogP contribution in [0.1, 0.15) is 206 Å². The summed E-state index contributed by atoms with van der Waals surface area (Å²) in [6, 6.07) is 0. The summed E-state index contributed by atoms with van der Waals surface area (Å²) in [5.41, 5.74) is 0. The van der Waals surface area contributed by atoms with E-state index in [1.165, 1.54) is 96.3 Å². The Labute approximate surface area is 390 Å². The summed E-state index contributed by atoms with van der Waals surface area (Å²) in [6.07, 6.45) is 25.6. The van der Waals surface area contributed by atoms with Crippen molar-refractivity contribution in [2.45, 2.75) is 249 Å². The molecule has 1 fully saturated rings. The Kier molecular flexibility index (Phi) is 36.3. The zero-order valence-corrected chi connectivity index (χ0v) is 41.5. The maximum absolute atomic E-state index is 13.0. The molecule has 0 aliphatic heterocycles. The van der Waals surface area contributed by atoms with E-state index in [2.05, 4.69) is 42.7 Å². The lowest BCUT2D eigenvalue weighted by Gasteiger charge is -2.43. The molecule has 65 heavy (non-hydrogen) atoms. The average molecular weight is 971 g/mol. The van der Waals surface area contributed by atoms with Crippen molar-refractivity contribution < 1.29 is 76.9 Å². The van der Waals surface area contributed by atoms with Crippen LogP contribution in [-0.2, 0) is 41.8 Å². The van der Waals surface area contributed by atoms with Gasteiger partial charge in [0.15, 0.2) is 6.10 Å². The highest BCUT2D eigenvalue weighted by Crippen LogP contribution is 2.49. The van der Waals surface area contributed by atoms with E-state index in [-0.39, 0.29) is 12.8 Å². The predicted octanol–water partition coefficient (Wildman–Crippen LogP) is 9.73. The molecule has 18 heteroatoms. The Morgan fingerprint density at radius 2 is 0.892 bits per heavy atom. The van der Waals surface area contributed by atoms with Crippen LogP contribution in [0.4, 0.5) is 0 Å². The fourth-order valence-electron chi connectivity index (χ4n) is 7.65. The fraction of sp³-hybridized carbons (Fsp3) is 0.872. The molecule has 8 unspecified atom stereocenters. The fourth-order valence-corrected chi connectivity index (χ4v) is 9.18. The second-order valence-corrected chi connectivity index (χ2v) is 20.1. The van der Waals surface area contributed by atoms with Crippen LogP contribution in [0.15, 0.2) is 24.3 Å². The number of allylic oxidation sites excluding steroid dienone is 4. The molecular formula is C47H88O16P2. The monoisotopic (exact) mass is 971 g/mol. The van der Waals surface area contributed by atoms with Crippen molar-refractivity contribution in [3.63, 3.8) is 0 Å². The van der Waals surface area contributed by atoms with Gasteiger partial charge in [-0.3, -0.25) is 23.2 Å². The lowest BCUT2D eigenvalue weighted by molar-refractivity contribution is -0.216. The highest BCUT2D eigenvalue weighted by Gasteiger charge is 2.54. The summed E-state index contributed by atoms with van der Waals surface area (Å²) < 4.78 is 49.4. The molecule has 1 saturated carbocycles. The molecule has 382 valence electrons. The number of carbonyl (C=O) groups excluding carboxylic acids is 2. The minimum atomic E-state index is -5.36. The molecule has 0 bridgehead atoms. The first-order valence-corrected chi connectivity index (χ1v) is 27.9. The number of hydrogen-bond acceptors (Lipinski definition) is 13. The van der Waals surface area contributed by atoms with E-state index in [1.54, 1.807) is 0 Å². The highest BCUT2D eigenvalue weighted by atomic mass is 31.2. The van der Waals surface area contributed by atoms with E-state index in [1.807, 2.05) is 0 Å². The number of aliphatic hydroxyl groups is 4. The second kappa shape index (κ2) is 38.3. The zero-order chi connectivity index (χ0) is 48.2. The summed E-state index contributed by atoms with van der Waals surface area (Å²) in [7, 11) is -10.7. The Balaban J connectivity index is 2.57. The largest absolute Gasteiger partial charge is 0.472 e. The topological polar surface area (TPSA) is 256 Å². The van der Waals surface area contributed by atoms with Crippen molar-refractivity contribution in [3.05, 3.63) is 24.3 Å². The predicted molar refractivity (Wildman–Crippen MR) is 251 cm³/mol. The minimum Gasteiger partial charge on any atom is -0.462 e. The van der Waals surface area contributed by atoms with Gasteiger partial charge in [0.05, 0.1) is 6.61 Å². The van der Waals surface area contributed by atoms with Gasteiger partial charge in [-0.25, -0.2) is 9.13 Å². The highest BCUT2D eigenvalue weighted by molar-refractivity contribution is 7.47. The molecule has 0 radical (unpaired) electrons. The van der Waals surface area contributed by atoms with E-state index in [9.17, 15) is 53.8 Å². The first kappa shape index (κ1) is 61.5. The third-order valence-electron chi connectivity index (χ3n) is 11.5. The van der Waals surface area contributed by atoms with Crippen LogP contribution >= 0.6 is 15.6 Å². The van der Waals surface area contributed by atoms with Crippen LogP contribution < -0.4 is 0 Å². The van der Waals surface area contributed by atoms with E-state index < -0.39 is 83.5 Å². The van der Waals surface area contributed by atoms with Crippen LogP contribution in [0.2, 0.25) is 0 Å². The van der Waals surface area contributed by atoms with E-state index in [4.69, 9.17) is 18.5 Å². The molecule has 0 aromatic rings. The van der Waals surface area contributed by atoms with Crippen LogP contribution in [0.5, 0.6) is 0 Å². The smallest absolute Gasteiger partial charge is 0.462 e. The molecule has 0 aromatic carbocycles. The van der Waals surface area contributed by atoms with Gasteiger partial charge in [-0.2, -0.15) is 0 Å². The number of carbonyl (C=O) groups is 2. The van der Waals surface area contributed by atoms with Crippen molar-refractivity contribution in [3.8, 4) is 0 Å². The minimum absolute atomic E-state index is 0.0456. The third kappa shape index (κ3) is 32.8. The van der Waals surface area contributed by atoms with Gasteiger partial charge in [0.2, 0.25) is 0 Å². The molecule has 8 atom stereocenters. The van der Waals surface area contributed by atoms with Crippen molar-refractivity contribution in [2.24, 2.45) is 0 Å². The van der Waals surface area contributed by atoms with E-state index in [0.29, 0.717) is 12.8 Å². The van der Waals surface area contributed by atoms with E-state index in [0.717, 1.165) is 70.6 Å². The van der Waals surface area contributed by atoms with Gasteiger partial charge in [0.1, 0.15) is 43.2 Å². The number of phosphoric ester groups is 2. The molecule has 0 spiro atoms. The number of aliphatic hydroxyl groups excluding tert-OH is 4. The Bertz CT molecular complexity index is 1360. The van der Waals surface area contributed by atoms with Crippen LogP contribution in [0.25, 0.3) is 0 Å². The quantitative estimate of drug-likeness (QED) is 0.0130. The molecular weight excluding hydrogens is 882 g/mol. The van der Waals surface area contributed by atoms with Crippen LogP contribution in [0, 0.1) is 0 Å². The van der Waals surface area contributed by atoms with Gasteiger partial charge in [0.25, 0.3) is 0 Å². The molecule has 0 amide bonds. The molecule has 0 saturated heterocycles. The number of hydrogen-bond donors (Lipinski definition) is 7. The Hall–Kier alpha value is -1.52. The number of esters is 2. The van der Waals surface area contributed by atoms with E-state index >= 15 is 0 Å². The molecule has 7 N–H and O–H groups in total. The average Bonchev–Trinajstić information content (AvgIpc) is 3.26. The molecule has 0 heterocycles. The molecule has 16 nitrogen and oxygen atoms in total. The standard InChI is InChI=1S/C47H88O16P2/c1-3-5-7-9-11-13-15-17-19-20-22-24-26-28-30-32-34-36-41(49)61-39(37-59-40(48)35-33-31-29-27-25-23-21-18-16-14-12-10-8-6-4-2)38-60-65(57,58)63-47-44(52)42(50)43(51)46(45(47)53)62-64(54,55)56/h12,14,18,21,39,42-47,50-53H,3-11,13,15-17,19-20,22-38H2,1-2H3,(H,57,58)(H2,54,55,56). The summed E-state index contributed by atoms with van der Waals surface area (Å²) in [5.74, 6) is -1.21. The van der Waals surface area contributed by atoms with Crippen molar-refractivity contribution >= 4 is 27.6 Å². The summed E-state index contributed by atoms with van der Waals surface area (Å²) in [5, 5.41) is 41.3. The molecule has 1 rings (SSSR count). The number of phosphoric acid groups is 2. The van der Waals surface area contributed by atoms with Crippen molar-refractivity contribution in [1.29, 1.82) is 0 Å². The summed E-state index contributed by atoms with van der Waals surface area (Å²) in [6.45, 7) is 3.09. The maximum atomic E-state index is 13.0. The zero-order valence-electron chi connectivity index (χ0n) is 39.7. The van der Waals surface area contributed by atoms with Gasteiger partial charge in [0, 0.05) is 12.8 Å². The third-order valence-corrected chi connectivity index (χ3v) is 13.0. The van der Waals surface area contributed by atoms with Crippen molar-refractivity contribution in [2.75, 3.05) is 13.2 Å². The van der Waals surface area contributed by atoms with Gasteiger partial charge in [-0.05, 0) is 44.9 Å². The first-order valence-electron chi connectivity index (χ1n) is 24.9. The normalized spacial score (nSPS) is 21.8. The molecule has 1 aliphatic rings. The maximum Gasteiger partial charge on any atom is 0.472 e. The van der Waals surface area contributed by atoms with Gasteiger partial charge >= 0.3 is 27.6 Å². The first-order chi connectivity index (χ1) is 31.1. The SMILES string of the molecule is CCCCCC=CCC=CCCCCCCCC(=O)OCC(COP(=O)(O)OC1C(O)C(O)C(O)C(OP(=O)(O)O)C1O)OC(=O)CCCCCCCCCCCCCCCCCCC. The van der Waals surface area contributed by atoms with Crippen LogP contribution in [0.3, 0.4) is 0 Å². The number of ether oxygens (including phenoxy) is 2. The lowest BCUT2D eigenvalue weighted by Crippen LogP contribution is -2.64. The van der Waals surface area contributed by atoms with Crippen molar-refractivity contribution in [1.82, 2.24) is 0 Å². The van der Waals surface area contributed by atoms with Gasteiger partial charge in [-0.1, -0.05) is 173 Å².